The summed E-state index contributed by atoms with van der Waals surface area (Å²) in [5.74, 6) is -1.39. The molecule has 418 valence electrons. The van der Waals surface area contributed by atoms with Crippen LogP contribution in [0.3, 0.4) is 0 Å². The second kappa shape index (κ2) is 29.6. The zero-order valence-corrected chi connectivity index (χ0v) is 46.2. The maximum absolute atomic E-state index is 13.9. The number of nitrogens with zero attached hydrogens (tertiary/aromatic N) is 6. The molecule has 26 heteroatoms. The average molecular weight is 1130 g/mol. The smallest absolute Gasteiger partial charge is 0.323 e. The number of carbonyl (C=O) groups is 5. The molecule has 5 aromatic rings. The standard InChI is InChI=1S/C51H67Cl2N11O12S/c1-31-45(77-30-58-31)34-9-7-33(8-10-34)26-56-47(68)39-24-36(65)29-63(39)49(69)46(51(3,4)5)61-43(67)12-15-73-18-20-75-22-21-74-19-17-72-14-11-42(66)54-13-16-76-48-37(23-35(52)27-57-48)59-50(70)60-38-28-55-41-25-40(53)62-64(41)44(38)32(2)71-6/h7-10,23,25,27-28,30,32,36,39,46,65H,11-22,24,26,29H2,1-6H3,(H,54,66)(H,56,68)(H,61,67)(H2,59,60,70)/t32-,36+,39-,46+/m0/s1. The molecule has 0 bridgehead atoms. The van der Waals surface area contributed by atoms with E-state index in [4.69, 9.17) is 51.6 Å². The number of aromatic nitrogens is 5. The van der Waals surface area contributed by atoms with Crippen LogP contribution in [0.2, 0.25) is 10.2 Å². The van der Waals surface area contributed by atoms with Gasteiger partial charge in [0.25, 0.3) is 0 Å². The maximum Gasteiger partial charge on any atom is 0.323 e. The minimum absolute atomic E-state index is 0.00348. The summed E-state index contributed by atoms with van der Waals surface area (Å²) in [6, 6.07) is 8.40. The molecule has 0 unspecified atom stereocenters. The van der Waals surface area contributed by atoms with Crippen molar-refractivity contribution >= 4 is 81.2 Å². The molecule has 0 aliphatic carbocycles. The number of β-amino-alcohol motifs (C(OH)–C–C–N with tert-alkyl or cyclic N) is 1. The summed E-state index contributed by atoms with van der Waals surface area (Å²) in [6.07, 6.45) is 1.67. The fraction of sp³-hybridized carbons (Fsp3) is 0.510. The SMILES string of the molecule is CO[C@@H](C)c1c(NC(=O)Nc2cc(Cl)cnc2OCCNC(=O)CCOCCOCCOCCOCCC(=O)N[C@H](C(=O)N2C[C@H](O)C[C@H]2C(=O)NCc2ccc(-c3scnc3C)cc2)C(C)(C)C)cnc2cc(Cl)nn12. The van der Waals surface area contributed by atoms with Gasteiger partial charge in [-0.25, -0.2) is 24.3 Å². The molecule has 6 rings (SSSR count). The van der Waals surface area contributed by atoms with Crippen molar-refractivity contribution in [3.05, 3.63) is 81.4 Å². The van der Waals surface area contributed by atoms with E-state index < -0.39 is 47.6 Å². The Morgan fingerprint density at radius 1 is 0.831 bits per heavy atom. The van der Waals surface area contributed by atoms with Crippen molar-refractivity contribution in [2.75, 3.05) is 90.3 Å². The van der Waals surface area contributed by atoms with Crippen molar-refractivity contribution in [2.45, 2.75) is 84.7 Å². The number of aliphatic hydroxyl groups excluding tert-OH is 1. The normalized spacial score (nSPS) is 15.3. The molecule has 1 fully saturated rings. The highest BCUT2D eigenvalue weighted by Gasteiger charge is 2.44. The summed E-state index contributed by atoms with van der Waals surface area (Å²) >= 11 is 13.8. The number of amides is 6. The fourth-order valence-corrected chi connectivity index (χ4v) is 9.10. The lowest BCUT2D eigenvalue weighted by Gasteiger charge is -2.35. The molecule has 23 nitrogen and oxygen atoms in total. The van der Waals surface area contributed by atoms with Crippen LogP contribution < -0.4 is 31.3 Å². The number of hydrogen-bond donors (Lipinski definition) is 6. The first kappa shape index (κ1) is 60.1. The molecular formula is C51H67Cl2N11O12S. The van der Waals surface area contributed by atoms with Gasteiger partial charge in [0.1, 0.15) is 24.4 Å². The molecule has 0 spiro atoms. The Labute approximate surface area is 460 Å². The van der Waals surface area contributed by atoms with Crippen LogP contribution in [0.25, 0.3) is 16.1 Å². The third-order valence-corrected chi connectivity index (χ3v) is 13.4. The molecule has 0 radical (unpaired) electrons. The number of thiazole rings is 1. The van der Waals surface area contributed by atoms with Crippen LogP contribution in [-0.2, 0) is 49.4 Å². The third kappa shape index (κ3) is 18.3. The Morgan fingerprint density at radius 3 is 2.12 bits per heavy atom. The third-order valence-electron chi connectivity index (χ3n) is 12.0. The number of nitrogens with one attached hydrogen (secondary N) is 5. The number of ether oxygens (including phenoxy) is 6. The molecule has 0 saturated carbocycles. The summed E-state index contributed by atoms with van der Waals surface area (Å²) < 4.78 is 34.9. The van der Waals surface area contributed by atoms with Crippen LogP contribution in [0.1, 0.15) is 70.0 Å². The van der Waals surface area contributed by atoms with E-state index >= 15 is 0 Å². The first-order valence-electron chi connectivity index (χ1n) is 25.0. The van der Waals surface area contributed by atoms with Crippen molar-refractivity contribution in [1.29, 1.82) is 0 Å². The second-order valence-corrected chi connectivity index (χ2v) is 20.5. The Hall–Kier alpha value is -6.09. The largest absolute Gasteiger partial charge is 0.474 e. The molecule has 5 heterocycles. The number of carbonyl (C=O) groups excluding carboxylic acids is 5. The van der Waals surface area contributed by atoms with E-state index in [0.717, 1.165) is 21.7 Å². The van der Waals surface area contributed by atoms with Crippen LogP contribution in [0, 0.1) is 12.3 Å². The predicted molar refractivity (Wildman–Crippen MR) is 288 cm³/mol. The van der Waals surface area contributed by atoms with E-state index in [0.29, 0.717) is 36.8 Å². The number of benzene rings is 1. The molecule has 6 N–H and O–H groups in total. The number of aryl methyl sites for hydroxylation is 1. The van der Waals surface area contributed by atoms with Gasteiger partial charge in [-0.1, -0.05) is 68.2 Å². The van der Waals surface area contributed by atoms with Gasteiger partial charge in [0.15, 0.2) is 10.8 Å². The van der Waals surface area contributed by atoms with Crippen LogP contribution in [0.5, 0.6) is 5.88 Å². The van der Waals surface area contributed by atoms with Crippen molar-refractivity contribution in [3.63, 3.8) is 0 Å². The summed E-state index contributed by atoms with van der Waals surface area (Å²) in [5, 5.41) is 29.2. The molecule has 1 aliphatic heterocycles. The van der Waals surface area contributed by atoms with Gasteiger partial charge in [-0.05, 0) is 36.5 Å². The summed E-state index contributed by atoms with van der Waals surface area (Å²) in [5.41, 5.74) is 5.48. The van der Waals surface area contributed by atoms with Crippen molar-refractivity contribution in [2.24, 2.45) is 5.41 Å². The van der Waals surface area contributed by atoms with E-state index in [-0.39, 0.29) is 112 Å². The molecule has 1 saturated heterocycles. The molecule has 4 atom stereocenters. The molecular weight excluding hydrogens is 1060 g/mol. The van der Waals surface area contributed by atoms with Gasteiger partial charge in [0, 0.05) is 51.7 Å². The number of hydrogen-bond acceptors (Lipinski definition) is 17. The first-order valence-corrected chi connectivity index (χ1v) is 26.6. The summed E-state index contributed by atoms with van der Waals surface area (Å²) in [7, 11) is 1.52. The van der Waals surface area contributed by atoms with Crippen LogP contribution in [0.15, 0.2) is 54.3 Å². The number of likely N-dealkylation sites (tertiary alicyclic amines) is 1. The molecule has 1 aliphatic rings. The summed E-state index contributed by atoms with van der Waals surface area (Å²) in [6.45, 7) is 11.6. The highest BCUT2D eigenvalue weighted by molar-refractivity contribution is 7.13. The lowest BCUT2D eigenvalue weighted by molar-refractivity contribution is -0.144. The number of pyridine rings is 1. The van der Waals surface area contributed by atoms with Crippen molar-refractivity contribution in [3.8, 4) is 16.3 Å². The molecule has 4 aromatic heterocycles. The van der Waals surface area contributed by atoms with Gasteiger partial charge in [-0.15, -0.1) is 11.3 Å². The monoisotopic (exact) mass is 1130 g/mol. The first-order chi connectivity index (χ1) is 36.9. The Kier molecular flexibility index (Phi) is 23.1. The summed E-state index contributed by atoms with van der Waals surface area (Å²) in [4.78, 5) is 81.1. The zero-order valence-electron chi connectivity index (χ0n) is 43.9. The van der Waals surface area contributed by atoms with Crippen molar-refractivity contribution in [1.82, 2.24) is 45.4 Å². The van der Waals surface area contributed by atoms with E-state index in [1.165, 1.54) is 35.0 Å². The van der Waals surface area contributed by atoms with E-state index in [2.05, 4.69) is 46.6 Å². The van der Waals surface area contributed by atoms with Gasteiger partial charge in [-0.2, -0.15) is 5.10 Å². The van der Waals surface area contributed by atoms with E-state index in [1.807, 2.05) is 52.0 Å². The minimum atomic E-state index is -0.953. The number of halogens is 2. The van der Waals surface area contributed by atoms with Gasteiger partial charge < -0.3 is 65.0 Å². The van der Waals surface area contributed by atoms with Gasteiger partial charge >= 0.3 is 6.03 Å². The Morgan fingerprint density at radius 2 is 1.48 bits per heavy atom. The average Bonchev–Trinajstić information content (AvgIpc) is 4.13. The van der Waals surface area contributed by atoms with Crippen LogP contribution in [-0.4, -0.2) is 162 Å². The highest BCUT2D eigenvalue weighted by Crippen LogP contribution is 2.31. The maximum atomic E-state index is 13.9. The Bertz CT molecular complexity index is 2760. The van der Waals surface area contributed by atoms with Gasteiger partial charge in [0.05, 0.1) is 110 Å². The topological polar surface area (TPSA) is 280 Å². The quantitative estimate of drug-likeness (QED) is 0.0329. The minimum Gasteiger partial charge on any atom is -0.474 e. The second-order valence-electron chi connectivity index (χ2n) is 18.8. The number of methoxy groups -OCH3 is 1. The van der Waals surface area contributed by atoms with Gasteiger partial charge in [-0.3, -0.25) is 19.2 Å². The fourth-order valence-electron chi connectivity index (χ4n) is 7.96. The van der Waals surface area contributed by atoms with Crippen molar-refractivity contribution < 1.29 is 57.5 Å². The number of anilines is 2. The predicted octanol–water partition coefficient (Wildman–Crippen LogP) is 5.37. The number of fused-ring (bicyclic) bond motifs is 1. The number of urea groups is 1. The molecule has 77 heavy (non-hydrogen) atoms. The Balaban J connectivity index is 0.776. The zero-order chi connectivity index (χ0) is 55.5. The van der Waals surface area contributed by atoms with E-state index in [1.54, 1.807) is 29.8 Å². The molecule has 6 amide bonds. The lowest BCUT2D eigenvalue weighted by Crippen LogP contribution is -2.57. The molecule has 1 aromatic carbocycles. The van der Waals surface area contributed by atoms with E-state index in [9.17, 15) is 29.1 Å². The highest BCUT2D eigenvalue weighted by atomic mass is 35.5. The number of aliphatic hydroxyl groups is 1. The van der Waals surface area contributed by atoms with Crippen LogP contribution in [0.4, 0.5) is 16.2 Å². The van der Waals surface area contributed by atoms with Crippen LogP contribution >= 0.6 is 34.5 Å². The lowest BCUT2D eigenvalue weighted by atomic mass is 9.85. The number of rotatable bonds is 29. The van der Waals surface area contributed by atoms with Gasteiger partial charge in [0.2, 0.25) is 29.5 Å².